The highest BCUT2D eigenvalue weighted by atomic mass is 32.1. The van der Waals surface area contributed by atoms with Crippen molar-refractivity contribution < 1.29 is 4.79 Å². The van der Waals surface area contributed by atoms with Gasteiger partial charge in [-0.05, 0) is 38.1 Å². The molecule has 0 radical (unpaired) electrons. The minimum Gasteiger partial charge on any atom is -0.320 e. The fourth-order valence-corrected chi connectivity index (χ4v) is 3.51. The number of anilines is 1. The number of amides is 1. The summed E-state index contributed by atoms with van der Waals surface area (Å²) < 4.78 is 3.76. The van der Waals surface area contributed by atoms with E-state index >= 15 is 0 Å². The lowest BCUT2D eigenvalue weighted by Gasteiger charge is -2.07. The third-order valence-corrected chi connectivity index (χ3v) is 5.06. The van der Waals surface area contributed by atoms with Crippen molar-refractivity contribution in [3.63, 3.8) is 0 Å². The topological polar surface area (TPSA) is 77.6 Å². The van der Waals surface area contributed by atoms with Crippen molar-refractivity contribution in [1.29, 1.82) is 0 Å². The van der Waals surface area contributed by atoms with Crippen molar-refractivity contribution in [3.05, 3.63) is 71.6 Å². The van der Waals surface area contributed by atoms with Crippen LogP contribution in [0.4, 0.5) is 5.69 Å². The number of rotatable bonds is 4. The van der Waals surface area contributed by atoms with Crippen LogP contribution in [-0.4, -0.2) is 30.0 Å². The lowest BCUT2D eigenvalue weighted by Crippen LogP contribution is -2.12. The van der Waals surface area contributed by atoms with Crippen LogP contribution in [0, 0.1) is 13.8 Å². The van der Waals surface area contributed by atoms with Gasteiger partial charge >= 0.3 is 0 Å². The third kappa shape index (κ3) is 3.02. The number of nitrogens with zero attached hydrogens (tertiary/aromatic N) is 5. The Balaban J connectivity index is 1.53. The Morgan fingerprint density at radius 3 is 2.58 bits per heavy atom. The zero-order chi connectivity index (χ0) is 18.1. The molecular formula is C18H16N6OS. The maximum atomic E-state index is 12.6. The number of aryl methyl sites for hydroxylation is 2. The van der Waals surface area contributed by atoms with E-state index in [2.05, 4.69) is 20.3 Å². The normalized spacial score (nSPS) is 10.8. The Morgan fingerprint density at radius 1 is 1.12 bits per heavy atom. The summed E-state index contributed by atoms with van der Waals surface area (Å²) in [4.78, 5) is 26.2. The van der Waals surface area contributed by atoms with Crippen LogP contribution >= 0.6 is 11.3 Å². The van der Waals surface area contributed by atoms with Crippen LogP contribution in [-0.2, 0) is 0 Å². The first-order valence-electron chi connectivity index (χ1n) is 8.00. The maximum Gasteiger partial charge on any atom is 0.267 e. The number of pyridine rings is 1. The van der Waals surface area contributed by atoms with E-state index in [9.17, 15) is 4.79 Å². The fourth-order valence-electron chi connectivity index (χ4n) is 2.58. The van der Waals surface area contributed by atoms with E-state index in [1.54, 1.807) is 12.4 Å². The van der Waals surface area contributed by atoms with Gasteiger partial charge in [0, 0.05) is 24.8 Å². The number of nitrogens with one attached hydrogen (secondary N) is 1. The number of hydrogen-bond acceptors (Lipinski definition) is 5. The predicted molar refractivity (Wildman–Crippen MR) is 100 cm³/mol. The average Bonchev–Trinajstić information content (AvgIpc) is 3.36. The summed E-state index contributed by atoms with van der Waals surface area (Å²) in [7, 11) is 0. The lowest BCUT2D eigenvalue weighted by molar-refractivity contribution is 0.103. The molecule has 1 N–H and O–H groups in total. The van der Waals surface area contributed by atoms with E-state index in [1.165, 1.54) is 11.3 Å². The van der Waals surface area contributed by atoms with E-state index in [1.807, 2.05) is 65.8 Å². The molecular weight excluding hydrogens is 348 g/mol. The fraction of sp³-hybridized carbons (Fsp3) is 0.111. The summed E-state index contributed by atoms with van der Waals surface area (Å²) in [6.45, 7) is 3.74. The van der Waals surface area contributed by atoms with E-state index in [4.69, 9.17) is 0 Å². The largest absolute Gasteiger partial charge is 0.320 e. The summed E-state index contributed by atoms with van der Waals surface area (Å²) >= 11 is 1.35. The molecule has 0 atom stereocenters. The Hall–Kier alpha value is -3.26. The first kappa shape index (κ1) is 16.2. The van der Waals surface area contributed by atoms with Crippen LogP contribution in [0.25, 0.3) is 10.9 Å². The second-order valence-corrected chi connectivity index (χ2v) is 6.68. The molecule has 1 amide bonds. The van der Waals surface area contributed by atoms with Crippen molar-refractivity contribution >= 4 is 22.9 Å². The minimum atomic E-state index is -0.188. The summed E-state index contributed by atoms with van der Waals surface area (Å²) in [6.07, 6.45) is 9.01. The second kappa shape index (κ2) is 6.57. The Bertz CT molecular complexity index is 1050. The zero-order valence-corrected chi connectivity index (χ0v) is 15.1. The predicted octanol–water partition coefficient (Wildman–Crippen LogP) is 3.38. The maximum absolute atomic E-state index is 12.6. The molecule has 7 nitrogen and oxygen atoms in total. The molecule has 8 heteroatoms. The van der Waals surface area contributed by atoms with Gasteiger partial charge in [-0.3, -0.25) is 9.36 Å². The average molecular weight is 364 g/mol. The zero-order valence-electron chi connectivity index (χ0n) is 14.2. The van der Waals surface area contributed by atoms with Crippen molar-refractivity contribution in [2.45, 2.75) is 13.8 Å². The van der Waals surface area contributed by atoms with Crippen LogP contribution in [0.2, 0.25) is 0 Å². The van der Waals surface area contributed by atoms with E-state index < -0.39 is 0 Å². The highest BCUT2D eigenvalue weighted by Crippen LogP contribution is 2.23. The van der Waals surface area contributed by atoms with Crippen molar-refractivity contribution in [2.24, 2.45) is 0 Å². The summed E-state index contributed by atoms with van der Waals surface area (Å²) in [6, 6.07) is 7.51. The summed E-state index contributed by atoms with van der Waals surface area (Å²) in [5.41, 5.74) is 1.33. The van der Waals surface area contributed by atoms with E-state index in [0.717, 1.165) is 16.8 Å². The van der Waals surface area contributed by atoms with Crippen LogP contribution in [0.5, 0.6) is 0 Å². The number of carbonyl (C=O) groups is 1. The Kier molecular flexibility index (Phi) is 4.10. The molecule has 0 spiro atoms. The standard InChI is InChI=1S/C18H16N6OS/c1-12-16(26-18(21-12)23-8-3-4-9-23)17(25)22-14-5-6-15(20-11-14)24-10-7-19-13(24)2/h3-11H,1-2H3,(H,22,25). The molecule has 130 valence electrons. The molecule has 0 aliphatic carbocycles. The first-order chi connectivity index (χ1) is 12.6. The van der Waals surface area contributed by atoms with Crippen LogP contribution in [0.15, 0.2) is 55.2 Å². The number of carbonyl (C=O) groups excluding carboxylic acids is 1. The highest BCUT2D eigenvalue weighted by Gasteiger charge is 2.16. The van der Waals surface area contributed by atoms with Gasteiger partial charge in [0.05, 0.1) is 17.6 Å². The molecule has 0 saturated carbocycles. The van der Waals surface area contributed by atoms with Gasteiger partial charge in [-0.15, -0.1) is 0 Å². The Labute approximate surface area is 154 Å². The van der Waals surface area contributed by atoms with Crippen LogP contribution < -0.4 is 5.32 Å². The van der Waals surface area contributed by atoms with Crippen molar-refractivity contribution in [3.8, 4) is 10.9 Å². The molecule has 0 aromatic carbocycles. The quantitative estimate of drug-likeness (QED) is 0.602. The molecule has 0 unspecified atom stereocenters. The third-order valence-electron chi connectivity index (χ3n) is 3.90. The van der Waals surface area contributed by atoms with Gasteiger partial charge in [0.25, 0.3) is 5.91 Å². The van der Waals surface area contributed by atoms with Crippen LogP contribution in [0.3, 0.4) is 0 Å². The van der Waals surface area contributed by atoms with Gasteiger partial charge in [-0.25, -0.2) is 15.0 Å². The molecule has 4 aromatic heterocycles. The number of thiazole rings is 1. The molecule has 0 saturated heterocycles. The first-order valence-corrected chi connectivity index (χ1v) is 8.82. The van der Waals surface area contributed by atoms with Crippen molar-refractivity contribution in [1.82, 2.24) is 24.1 Å². The monoisotopic (exact) mass is 364 g/mol. The molecule has 26 heavy (non-hydrogen) atoms. The number of aromatic nitrogens is 5. The van der Waals surface area contributed by atoms with Gasteiger partial charge in [-0.1, -0.05) is 11.3 Å². The Morgan fingerprint density at radius 2 is 1.92 bits per heavy atom. The van der Waals surface area contributed by atoms with Gasteiger partial charge in [0.2, 0.25) is 0 Å². The number of imidazole rings is 1. The number of hydrogen-bond donors (Lipinski definition) is 1. The van der Waals surface area contributed by atoms with E-state index in [-0.39, 0.29) is 5.91 Å². The van der Waals surface area contributed by atoms with Gasteiger partial charge in [-0.2, -0.15) is 0 Å². The van der Waals surface area contributed by atoms with Crippen molar-refractivity contribution in [2.75, 3.05) is 5.32 Å². The second-order valence-electron chi connectivity index (χ2n) is 5.70. The summed E-state index contributed by atoms with van der Waals surface area (Å²) in [5.74, 6) is 1.42. The molecule has 0 fully saturated rings. The molecule has 0 aliphatic heterocycles. The van der Waals surface area contributed by atoms with Gasteiger partial charge < -0.3 is 9.88 Å². The smallest absolute Gasteiger partial charge is 0.267 e. The SMILES string of the molecule is Cc1nc(-n2cccc2)sc1C(=O)Nc1ccc(-n2ccnc2C)nc1. The molecule has 4 aromatic rings. The highest BCUT2D eigenvalue weighted by molar-refractivity contribution is 7.16. The molecule has 4 rings (SSSR count). The lowest BCUT2D eigenvalue weighted by atomic mass is 10.3. The van der Waals surface area contributed by atoms with Gasteiger partial charge in [0.15, 0.2) is 5.13 Å². The minimum absolute atomic E-state index is 0.188. The molecule has 0 bridgehead atoms. The van der Waals surface area contributed by atoms with E-state index in [0.29, 0.717) is 16.3 Å². The summed E-state index contributed by atoms with van der Waals surface area (Å²) in [5, 5.41) is 3.65. The van der Waals surface area contributed by atoms with Crippen LogP contribution in [0.1, 0.15) is 21.2 Å². The molecule has 0 aliphatic rings. The molecule has 4 heterocycles. The van der Waals surface area contributed by atoms with Gasteiger partial charge in [0.1, 0.15) is 16.5 Å².